The first-order valence-corrected chi connectivity index (χ1v) is 9.88. The smallest absolute Gasteiger partial charge is 0.331 e. The van der Waals surface area contributed by atoms with Crippen molar-refractivity contribution in [2.75, 3.05) is 19.5 Å². The monoisotopic (exact) mass is 456 g/mol. The van der Waals surface area contributed by atoms with E-state index in [2.05, 4.69) is 10.5 Å². The summed E-state index contributed by atoms with van der Waals surface area (Å²) in [5, 5.41) is 6.64. The quantitative estimate of drug-likeness (QED) is 0.391. The number of methoxy groups -OCH3 is 2. The number of anilines is 1. The van der Waals surface area contributed by atoms with Gasteiger partial charge in [-0.2, -0.15) is 0 Å². The molecule has 166 valence electrons. The van der Waals surface area contributed by atoms with Crippen molar-refractivity contribution in [2.24, 2.45) is 0 Å². The predicted molar refractivity (Wildman–Crippen MR) is 119 cm³/mol. The van der Waals surface area contributed by atoms with E-state index in [1.54, 1.807) is 55.5 Å². The lowest BCUT2D eigenvalue weighted by atomic mass is 10.1. The number of carbonyl (C=O) groups excluding carboxylic acids is 2. The Morgan fingerprint density at radius 2 is 1.88 bits per heavy atom. The average Bonchev–Trinajstić information content (AvgIpc) is 3.20. The van der Waals surface area contributed by atoms with Crippen LogP contribution in [-0.4, -0.2) is 31.3 Å². The summed E-state index contributed by atoms with van der Waals surface area (Å²) in [6.07, 6.45) is 1.50. The Kier molecular flexibility index (Phi) is 7.51. The second-order valence-electron chi connectivity index (χ2n) is 6.61. The average molecular weight is 457 g/mol. The van der Waals surface area contributed by atoms with Crippen LogP contribution >= 0.6 is 11.6 Å². The van der Waals surface area contributed by atoms with Crippen molar-refractivity contribution in [1.29, 1.82) is 0 Å². The van der Waals surface area contributed by atoms with Crippen molar-refractivity contribution in [3.63, 3.8) is 0 Å². The van der Waals surface area contributed by atoms with E-state index in [0.29, 0.717) is 33.4 Å². The molecule has 3 rings (SSSR count). The van der Waals surface area contributed by atoms with E-state index in [4.69, 9.17) is 30.3 Å². The molecule has 1 amide bonds. The molecule has 1 unspecified atom stereocenters. The molecule has 0 bridgehead atoms. The van der Waals surface area contributed by atoms with Crippen molar-refractivity contribution in [2.45, 2.75) is 13.0 Å². The summed E-state index contributed by atoms with van der Waals surface area (Å²) >= 11 is 6.19. The number of rotatable bonds is 8. The van der Waals surface area contributed by atoms with Crippen LogP contribution in [0.25, 0.3) is 6.08 Å². The van der Waals surface area contributed by atoms with E-state index in [0.717, 1.165) is 0 Å². The molecule has 2 aromatic carbocycles. The summed E-state index contributed by atoms with van der Waals surface area (Å²) in [5.41, 5.74) is 1.09. The molecule has 9 heteroatoms. The number of benzene rings is 2. The van der Waals surface area contributed by atoms with Gasteiger partial charge < -0.3 is 24.1 Å². The summed E-state index contributed by atoms with van der Waals surface area (Å²) in [7, 11) is 2.96. The Morgan fingerprint density at radius 3 is 2.50 bits per heavy atom. The molecular formula is C23H21ClN2O6. The van der Waals surface area contributed by atoms with Gasteiger partial charge in [0, 0.05) is 17.7 Å². The van der Waals surface area contributed by atoms with Crippen LogP contribution in [0.1, 0.15) is 23.0 Å². The lowest BCUT2D eigenvalue weighted by Crippen LogP contribution is -2.25. The Morgan fingerprint density at radius 1 is 1.12 bits per heavy atom. The third-order valence-electron chi connectivity index (χ3n) is 4.32. The number of nitrogens with zero attached hydrogens (tertiary/aromatic N) is 1. The fraction of sp³-hybridized carbons (Fsp3) is 0.174. The lowest BCUT2D eigenvalue weighted by Gasteiger charge is -2.16. The summed E-state index contributed by atoms with van der Waals surface area (Å²) in [4.78, 5) is 25.3. The van der Waals surface area contributed by atoms with Crippen LogP contribution < -0.4 is 14.8 Å². The number of aromatic nitrogens is 1. The molecule has 8 nitrogen and oxygen atoms in total. The number of halogens is 1. The number of carbonyl (C=O) groups is 2. The van der Waals surface area contributed by atoms with Crippen LogP contribution in [0, 0.1) is 6.92 Å². The summed E-state index contributed by atoms with van der Waals surface area (Å²) < 4.78 is 20.8. The molecule has 1 aromatic heterocycles. The molecule has 1 atom stereocenters. The normalized spacial score (nSPS) is 11.8. The lowest BCUT2D eigenvalue weighted by molar-refractivity contribution is -0.149. The first-order chi connectivity index (χ1) is 15.4. The molecule has 0 saturated heterocycles. The zero-order valence-electron chi connectivity index (χ0n) is 17.6. The first-order valence-electron chi connectivity index (χ1n) is 9.50. The minimum Gasteiger partial charge on any atom is -0.493 e. The van der Waals surface area contributed by atoms with Gasteiger partial charge in [-0.1, -0.05) is 47.1 Å². The van der Waals surface area contributed by atoms with Crippen molar-refractivity contribution in [1.82, 2.24) is 5.16 Å². The maximum absolute atomic E-state index is 12.8. The van der Waals surface area contributed by atoms with Gasteiger partial charge in [0.05, 0.1) is 19.2 Å². The van der Waals surface area contributed by atoms with E-state index in [-0.39, 0.29) is 5.82 Å². The van der Waals surface area contributed by atoms with Crippen LogP contribution in [0.15, 0.2) is 59.1 Å². The number of hydrogen-bond acceptors (Lipinski definition) is 7. The Bertz CT molecular complexity index is 1130. The number of amides is 1. The second-order valence-corrected chi connectivity index (χ2v) is 7.02. The minimum absolute atomic E-state index is 0.222. The highest BCUT2D eigenvalue weighted by atomic mass is 35.5. The van der Waals surface area contributed by atoms with E-state index in [9.17, 15) is 9.59 Å². The van der Waals surface area contributed by atoms with Crippen LogP contribution in [0.3, 0.4) is 0 Å². The standard InChI is InChI=1S/C23H21ClN2O6/c1-14-11-19(26-32-14)25-23(28)21(16-7-5-4-6-8-16)31-20(27)10-9-15-12-17(24)22(30-3)18(13-15)29-2/h4-13,21H,1-3H3,(H,25,26,28)/b10-9+. The molecule has 1 N–H and O–H groups in total. The third kappa shape index (κ3) is 5.67. The molecule has 1 heterocycles. The molecule has 0 aliphatic heterocycles. The van der Waals surface area contributed by atoms with Crippen LogP contribution in [-0.2, 0) is 14.3 Å². The highest BCUT2D eigenvalue weighted by Crippen LogP contribution is 2.36. The Balaban J connectivity index is 1.78. The molecule has 0 aliphatic rings. The molecule has 0 saturated carbocycles. The summed E-state index contributed by atoms with van der Waals surface area (Å²) in [6.45, 7) is 1.70. The van der Waals surface area contributed by atoms with E-state index in [1.807, 2.05) is 0 Å². The molecule has 0 spiro atoms. The zero-order chi connectivity index (χ0) is 23.1. The van der Waals surface area contributed by atoms with Crippen molar-refractivity contribution < 1.29 is 28.3 Å². The van der Waals surface area contributed by atoms with Crippen molar-refractivity contribution >= 4 is 35.4 Å². The predicted octanol–water partition coefficient (Wildman–Crippen LogP) is 4.59. The summed E-state index contributed by atoms with van der Waals surface area (Å²) in [5.74, 6) is 0.261. The van der Waals surface area contributed by atoms with Crippen LogP contribution in [0.2, 0.25) is 5.02 Å². The maximum Gasteiger partial charge on any atom is 0.331 e. The van der Waals surface area contributed by atoms with E-state index >= 15 is 0 Å². The molecule has 0 radical (unpaired) electrons. The van der Waals surface area contributed by atoms with E-state index in [1.165, 1.54) is 26.4 Å². The highest BCUT2D eigenvalue weighted by Gasteiger charge is 2.25. The zero-order valence-corrected chi connectivity index (χ0v) is 18.4. The minimum atomic E-state index is -1.20. The van der Waals surface area contributed by atoms with Gasteiger partial charge in [0.15, 0.2) is 17.3 Å². The fourth-order valence-corrected chi connectivity index (χ4v) is 3.17. The molecule has 0 fully saturated rings. The SMILES string of the molecule is COc1cc(/C=C/C(=O)OC(C(=O)Nc2cc(C)on2)c2ccccc2)cc(Cl)c1OC. The van der Waals surface area contributed by atoms with Crippen molar-refractivity contribution in [3.8, 4) is 11.5 Å². The van der Waals surface area contributed by atoms with Gasteiger partial charge in [0.2, 0.25) is 6.10 Å². The number of nitrogens with one attached hydrogen (secondary N) is 1. The van der Waals surface area contributed by atoms with Gasteiger partial charge in [0.25, 0.3) is 5.91 Å². The van der Waals surface area contributed by atoms with Gasteiger partial charge in [-0.15, -0.1) is 0 Å². The number of esters is 1. The number of aryl methyl sites for hydroxylation is 1. The largest absolute Gasteiger partial charge is 0.493 e. The molecule has 3 aromatic rings. The van der Waals surface area contributed by atoms with Gasteiger partial charge in [0.1, 0.15) is 5.76 Å². The topological polar surface area (TPSA) is 99.9 Å². The summed E-state index contributed by atoms with van der Waals surface area (Å²) in [6, 6.07) is 13.5. The highest BCUT2D eigenvalue weighted by molar-refractivity contribution is 6.32. The second kappa shape index (κ2) is 10.5. The van der Waals surface area contributed by atoms with Gasteiger partial charge in [-0.3, -0.25) is 4.79 Å². The van der Waals surface area contributed by atoms with Crippen LogP contribution in [0.4, 0.5) is 5.82 Å². The van der Waals surface area contributed by atoms with Crippen LogP contribution in [0.5, 0.6) is 11.5 Å². The van der Waals surface area contributed by atoms with Gasteiger partial charge >= 0.3 is 5.97 Å². The number of ether oxygens (including phenoxy) is 3. The maximum atomic E-state index is 12.8. The third-order valence-corrected chi connectivity index (χ3v) is 4.60. The molecule has 0 aliphatic carbocycles. The fourth-order valence-electron chi connectivity index (χ4n) is 2.87. The first kappa shape index (κ1) is 22.9. The van der Waals surface area contributed by atoms with Gasteiger partial charge in [-0.05, 0) is 30.7 Å². The Labute approximate surface area is 189 Å². The molecular weight excluding hydrogens is 436 g/mol. The van der Waals surface area contributed by atoms with E-state index < -0.39 is 18.0 Å². The van der Waals surface area contributed by atoms with Gasteiger partial charge in [-0.25, -0.2) is 4.79 Å². The number of hydrogen-bond donors (Lipinski definition) is 1. The Hall–Kier alpha value is -3.78. The molecule has 32 heavy (non-hydrogen) atoms. The van der Waals surface area contributed by atoms with Crippen molar-refractivity contribution in [3.05, 3.63) is 76.5 Å².